The van der Waals surface area contributed by atoms with Gasteiger partial charge >= 0.3 is 12.1 Å². The average Bonchev–Trinajstić information content (AvgIpc) is 3.18. The Bertz CT molecular complexity index is 1360. The maximum atomic E-state index is 15.6. The van der Waals surface area contributed by atoms with Crippen molar-refractivity contribution in [3.8, 4) is 0 Å². The summed E-state index contributed by atoms with van der Waals surface area (Å²) in [5.41, 5.74) is 0.800. The largest absolute Gasteiger partial charge is 0.478 e. The van der Waals surface area contributed by atoms with E-state index in [9.17, 15) is 27.5 Å². The van der Waals surface area contributed by atoms with Crippen LogP contribution in [0.1, 0.15) is 46.6 Å². The van der Waals surface area contributed by atoms with Crippen LogP contribution in [0, 0.1) is 11.6 Å². The van der Waals surface area contributed by atoms with Crippen molar-refractivity contribution in [3.05, 3.63) is 64.4 Å². The lowest BCUT2D eigenvalue weighted by atomic mass is 9.88. The molecule has 0 bridgehead atoms. The van der Waals surface area contributed by atoms with Crippen LogP contribution in [-0.4, -0.2) is 77.0 Å². The molecule has 0 radical (unpaired) electrons. The van der Waals surface area contributed by atoms with Gasteiger partial charge in [0.1, 0.15) is 11.6 Å². The number of H-pyrrole nitrogens is 1. The van der Waals surface area contributed by atoms with Gasteiger partial charge in [0.05, 0.1) is 30.9 Å². The van der Waals surface area contributed by atoms with Crippen molar-refractivity contribution >= 4 is 22.6 Å². The summed E-state index contributed by atoms with van der Waals surface area (Å²) in [4.78, 5) is 17.5. The SMILES string of the molecule is C[C@@H]1Cc2c([nH]c3cc(C(=O)O)ccc23)[C@@H](c2c(F)cc(NC3CN(CCCF)C3)cc2F)N1CC(F)(F)F. The quantitative estimate of drug-likeness (QED) is 0.321. The lowest BCUT2D eigenvalue weighted by Crippen LogP contribution is -2.54. The second-order valence-corrected chi connectivity index (χ2v) is 10.3. The summed E-state index contributed by atoms with van der Waals surface area (Å²) in [7, 11) is 0. The van der Waals surface area contributed by atoms with E-state index in [2.05, 4.69) is 10.3 Å². The van der Waals surface area contributed by atoms with E-state index in [-0.39, 0.29) is 29.4 Å². The van der Waals surface area contributed by atoms with Crippen LogP contribution < -0.4 is 5.32 Å². The molecule has 2 aliphatic rings. The third-order valence-electron chi connectivity index (χ3n) is 7.51. The van der Waals surface area contributed by atoms with Gasteiger partial charge in [0.2, 0.25) is 0 Å². The number of rotatable bonds is 8. The number of aromatic nitrogens is 1. The summed E-state index contributed by atoms with van der Waals surface area (Å²) >= 11 is 0. The first kappa shape index (κ1) is 27.3. The zero-order valence-electron chi connectivity index (χ0n) is 21.1. The third kappa shape index (κ3) is 5.44. The van der Waals surface area contributed by atoms with E-state index in [1.54, 1.807) is 13.0 Å². The number of carboxylic acid groups (broad SMARTS) is 1. The Morgan fingerprint density at radius 3 is 2.46 bits per heavy atom. The van der Waals surface area contributed by atoms with Gasteiger partial charge in [-0.3, -0.25) is 14.2 Å². The maximum Gasteiger partial charge on any atom is 0.401 e. The summed E-state index contributed by atoms with van der Waals surface area (Å²) < 4.78 is 84.6. The first-order chi connectivity index (χ1) is 18.4. The lowest BCUT2D eigenvalue weighted by Gasteiger charge is -2.41. The van der Waals surface area contributed by atoms with Gasteiger partial charge in [-0.1, -0.05) is 6.07 Å². The maximum absolute atomic E-state index is 15.6. The topological polar surface area (TPSA) is 71.6 Å². The molecule has 0 spiro atoms. The number of halogens is 6. The van der Waals surface area contributed by atoms with Crippen LogP contribution >= 0.6 is 0 Å². The molecule has 3 aromatic rings. The molecule has 1 fully saturated rings. The number of aromatic amines is 1. The summed E-state index contributed by atoms with van der Waals surface area (Å²) in [6.45, 7) is 1.53. The molecular formula is C27H28F6N4O2. The molecule has 1 saturated heterocycles. The van der Waals surface area contributed by atoms with E-state index in [1.807, 2.05) is 4.90 Å². The van der Waals surface area contributed by atoms with Gasteiger partial charge in [-0.15, -0.1) is 0 Å². The van der Waals surface area contributed by atoms with Crippen LogP contribution in [0.5, 0.6) is 0 Å². The summed E-state index contributed by atoms with van der Waals surface area (Å²) in [5.74, 6) is -3.16. The van der Waals surface area contributed by atoms with Crippen molar-refractivity contribution in [2.75, 3.05) is 38.2 Å². The minimum absolute atomic E-state index is 0.0233. The molecule has 0 amide bonds. The molecule has 2 aromatic carbocycles. The number of aromatic carboxylic acids is 1. The molecule has 0 aliphatic carbocycles. The molecule has 2 aliphatic heterocycles. The van der Waals surface area contributed by atoms with Crippen LogP contribution in [0.2, 0.25) is 0 Å². The molecule has 3 heterocycles. The van der Waals surface area contributed by atoms with Crippen LogP contribution in [0.4, 0.5) is 32.0 Å². The number of alkyl halides is 4. The van der Waals surface area contributed by atoms with E-state index in [4.69, 9.17) is 0 Å². The first-order valence-electron chi connectivity index (χ1n) is 12.7. The standard InChI is InChI=1S/C27H28F6N4O2/c1-14-7-19-18-4-3-15(26(38)39)8-22(18)35-24(19)25(37(14)13-27(31,32)33)23-20(29)9-16(10-21(23)30)34-17-11-36(12-17)6-2-5-28/h3-4,8-10,14,17,25,34-35H,2,5-7,11-13H2,1H3,(H,38,39)/t14-,25-/m1/s1. The number of carboxylic acids is 1. The van der Waals surface area contributed by atoms with E-state index in [0.717, 1.165) is 17.0 Å². The highest BCUT2D eigenvalue weighted by Gasteiger charge is 2.44. The Morgan fingerprint density at radius 1 is 1.15 bits per heavy atom. The van der Waals surface area contributed by atoms with Crippen molar-refractivity contribution in [2.45, 2.75) is 44.1 Å². The lowest BCUT2D eigenvalue weighted by molar-refractivity contribution is -0.155. The monoisotopic (exact) mass is 554 g/mol. The van der Waals surface area contributed by atoms with Crippen LogP contribution in [-0.2, 0) is 6.42 Å². The van der Waals surface area contributed by atoms with Crippen molar-refractivity contribution < 1.29 is 36.2 Å². The van der Waals surface area contributed by atoms with Crippen LogP contribution in [0.25, 0.3) is 10.9 Å². The van der Waals surface area contributed by atoms with E-state index >= 15 is 8.78 Å². The molecule has 0 saturated carbocycles. The highest BCUT2D eigenvalue weighted by molar-refractivity contribution is 5.95. The Kier molecular flexibility index (Phi) is 7.27. The molecule has 1 aromatic heterocycles. The number of likely N-dealkylation sites (tertiary alicyclic amines) is 1. The zero-order valence-corrected chi connectivity index (χ0v) is 21.1. The summed E-state index contributed by atoms with van der Waals surface area (Å²) in [5, 5.41) is 13.0. The number of nitrogens with one attached hydrogen (secondary N) is 2. The molecule has 5 rings (SSSR count). The molecule has 2 atom stereocenters. The second-order valence-electron chi connectivity index (χ2n) is 10.3. The Hall–Kier alpha value is -3.25. The van der Waals surface area contributed by atoms with E-state index in [1.165, 1.54) is 12.1 Å². The molecule has 39 heavy (non-hydrogen) atoms. The van der Waals surface area contributed by atoms with Gasteiger partial charge in [-0.05, 0) is 49.6 Å². The van der Waals surface area contributed by atoms with Gasteiger partial charge in [0.25, 0.3) is 0 Å². The molecule has 6 nitrogen and oxygen atoms in total. The van der Waals surface area contributed by atoms with Crippen LogP contribution in [0.15, 0.2) is 30.3 Å². The molecule has 0 unspecified atom stereocenters. The van der Waals surface area contributed by atoms with Crippen LogP contribution in [0.3, 0.4) is 0 Å². The van der Waals surface area contributed by atoms with E-state index < -0.39 is 54.6 Å². The average molecular weight is 555 g/mol. The Morgan fingerprint density at radius 2 is 1.85 bits per heavy atom. The van der Waals surface area contributed by atoms with Crippen molar-refractivity contribution in [1.29, 1.82) is 0 Å². The third-order valence-corrected chi connectivity index (χ3v) is 7.51. The number of anilines is 1. The fourth-order valence-corrected chi connectivity index (χ4v) is 5.75. The minimum Gasteiger partial charge on any atom is -0.478 e. The van der Waals surface area contributed by atoms with Gasteiger partial charge in [0, 0.05) is 53.5 Å². The van der Waals surface area contributed by atoms with Gasteiger partial charge in [-0.2, -0.15) is 13.2 Å². The second kappa shape index (κ2) is 10.4. The predicted molar refractivity (Wildman–Crippen MR) is 134 cm³/mol. The number of benzene rings is 2. The van der Waals surface area contributed by atoms with Gasteiger partial charge in [-0.25, -0.2) is 13.6 Å². The summed E-state index contributed by atoms with van der Waals surface area (Å²) in [6, 6.07) is 4.25. The highest BCUT2D eigenvalue weighted by atomic mass is 19.4. The molecular weight excluding hydrogens is 526 g/mol. The first-order valence-corrected chi connectivity index (χ1v) is 12.7. The Balaban J connectivity index is 1.53. The van der Waals surface area contributed by atoms with Gasteiger partial charge in [0.15, 0.2) is 0 Å². The smallest absolute Gasteiger partial charge is 0.401 e. The minimum atomic E-state index is -4.63. The number of carbonyl (C=O) groups is 1. The zero-order chi connectivity index (χ0) is 28.1. The van der Waals surface area contributed by atoms with Crippen molar-refractivity contribution in [1.82, 2.24) is 14.8 Å². The Labute approximate surface area is 220 Å². The van der Waals surface area contributed by atoms with Crippen molar-refractivity contribution in [2.24, 2.45) is 0 Å². The molecule has 12 heteroatoms. The number of nitrogens with zero attached hydrogens (tertiary/aromatic N) is 2. The van der Waals surface area contributed by atoms with E-state index in [0.29, 0.717) is 42.5 Å². The predicted octanol–water partition coefficient (Wildman–Crippen LogP) is 5.50. The fraction of sp³-hybridized carbons (Fsp3) is 0.444. The number of hydrogen-bond acceptors (Lipinski definition) is 4. The number of fused-ring (bicyclic) bond motifs is 3. The highest BCUT2D eigenvalue weighted by Crippen LogP contribution is 2.44. The normalized spacial score (nSPS) is 20.7. The molecule has 3 N–H and O–H groups in total. The number of hydrogen-bond donors (Lipinski definition) is 3. The molecule has 210 valence electrons. The summed E-state index contributed by atoms with van der Waals surface area (Å²) in [6.07, 6.45) is -4.04. The fourth-order valence-electron chi connectivity index (χ4n) is 5.75. The van der Waals surface area contributed by atoms with Crippen molar-refractivity contribution in [3.63, 3.8) is 0 Å². The van der Waals surface area contributed by atoms with Gasteiger partial charge < -0.3 is 15.4 Å².